The van der Waals surface area contributed by atoms with E-state index in [0.717, 1.165) is 12.0 Å². The molecule has 3 nitrogen and oxygen atoms in total. The second-order valence-corrected chi connectivity index (χ2v) is 4.62. The standard InChI is InChI=1S/C14H16O3/c1-10-4-6-11(7-5-10)12(15)14(8-3-9-14)13(16)17-2/h4-7H,3,8-9H2,1-2H3. The molecule has 90 valence electrons. The molecule has 1 aromatic carbocycles. The van der Waals surface area contributed by atoms with E-state index in [0.29, 0.717) is 18.4 Å². The fourth-order valence-electron chi connectivity index (χ4n) is 2.23. The molecule has 0 radical (unpaired) electrons. The lowest BCUT2D eigenvalue weighted by Crippen LogP contribution is -2.45. The summed E-state index contributed by atoms with van der Waals surface area (Å²) >= 11 is 0. The first kappa shape index (κ1) is 11.8. The maximum atomic E-state index is 12.4. The Labute approximate surface area is 101 Å². The first-order valence-electron chi connectivity index (χ1n) is 5.80. The first-order valence-corrected chi connectivity index (χ1v) is 5.80. The van der Waals surface area contributed by atoms with Crippen molar-refractivity contribution in [2.75, 3.05) is 7.11 Å². The molecule has 0 unspecified atom stereocenters. The second kappa shape index (κ2) is 4.32. The number of hydrogen-bond donors (Lipinski definition) is 0. The quantitative estimate of drug-likeness (QED) is 0.457. The summed E-state index contributed by atoms with van der Waals surface area (Å²) in [5, 5.41) is 0. The van der Waals surface area contributed by atoms with Crippen molar-refractivity contribution in [2.24, 2.45) is 5.41 Å². The Balaban J connectivity index is 2.29. The smallest absolute Gasteiger partial charge is 0.319 e. The van der Waals surface area contributed by atoms with E-state index in [-0.39, 0.29) is 5.78 Å². The van der Waals surface area contributed by atoms with Gasteiger partial charge in [0.05, 0.1) is 7.11 Å². The maximum absolute atomic E-state index is 12.4. The van der Waals surface area contributed by atoms with Crippen molar-refractivity contribution in [3.8, 4) is 0 Å². The number of rotatable bonds is 3. The van der Waals surface area contributed by atoms with Gasteiger partial charge < -0.3 is 4.74 Å². The Morgan fingerprint density at radius 2 is 1.76 bits per heavy atom. The number of ketones is 1. The van der Waals surface area contributed by atoms with E-state index in [4.69, 9.17) is 4.74 Å². The minimum absolute atomic E-state index is 0.101. The van der Waals surface area contributed by atoms with E-state index in [1.807, 2.05) is 19.1 Å². The summed E-state index contributed by atoms with van der Waals surface area (Å²) in [5.41, 5.74) is 0.785. The lowest BCUT2D eigenvalue weighted by Gasteiger charge is -2.37. The van der Waals surface area contributed by atoms with Gasteiger partial charge in [-0.3, -0.25) is 9.59 Å². The van der Waals surface area contributed by atoms with Crippen molar-refractivity contribution in [3.05, 3.63) is 35.4 Å². The van der Waals surface area contributed by atoms with E-state index >= 15 is 0 Å². The van der Waals surface area contributed by atoms with Gasteiger partial charge in [0.25, 0.3) is 0 Å². The summed E-state index contributed by atoms with van der Waals surface area (Å²) in [6, 6.07) is 7.33. The molecular formula is C14H16O3. The highest BCUT2D eigenvalue weighted by Crippen LogP contribution is 2.44. The molecule has 1 aliphatic carbocycles. The highest BCUT2D eigenvalue weighted by molar-refractivity contribution is 6.13. The van der Waals surface area contributed by atoms with Gasteiger partial charge in [-0.25, -0.2) is 0 Å². The third-order valence-corrected chi connectivity index (χ3v) is 3.53. The molecule has 0 N–H and O–H groups in total. The number of Topliss-reactive ketones (excluding diaryl/α,β-unsaturated/α-hetero) is 1. The molecule has 0 spiro atoms. The molecule has 0 heterocycles. The summed E-state index contributed by atoms with van der Waals surface area (Å²) in [6.45, 7) is 1.97. The normalized spacial score (nSPS) is 17.1. The van der Waals surface area contributed by atoms with Crippen LogP contribution in [0.1, 0.15) is 35.2 Å². The van der Waals surface area contributed by atoms with Crippen LogP contribution in [0.25, 0.3) is 0 Å². The van der Waals surface area contributed by atoms with E-state index < -0.39 is 11.4 Å². The molecule has 2 rings (SSSR count). The molecule has 1 aromatic rings. The molecule has 1 saturated carbocycles. The van der Waals surface area contributed by atoms with Gasteiger partial charge in [0.2, 0.25) is 0 Å². The molecule has 0 atom stereocenters. The Bertz CT molecular complexity index is 441. The van der Waals surface area contributed by atoms with E-state index in [1.165, 1.54) is 7.11 Å². The lowest BCUT2D eigenvalue weighted by atomic mass is 9.64. The minimum atomic E-state index is -0.913. The van der Waals surface area contributed by atoms with Crippen LogP contribution in [0.15, 0.2) is 24.3 Å². The van der Waals surface area contributed by atoms with Crippen molar-refractivity contribution >= 4 is 11.8 Å². The zero-order valence-electron chi connectivity index (χ0n) is 10.2. The highest BCUT2D eigenvalue weighted by atomic mass is 16.5. The van der Waals surface area contributed by atoms with Crippen molar-refractivity contribution in [1.82, 2.24) is 0 Å². The van der Waals surface area contributed by atoms with Crippen molar-refractivity contribution in [2.45, 2.75) is 26.2 Å². The summed E-state index contributed by atoms with van der Waals surface area (Å²) in [7, 11) is 1.34. The van der Waals surface area contributed by atoms with Gasteiger partial charge in [0.1, 0.15) is 5.41 Å². The van der Waals surface area contributed by atoms with Gasteiger partial charge in [-0.2, -0.15) is 0 Å². The third-order valence-electron chi connectivity index (χ3n) is 3.53. The van der Waals surface area contributed by atoms with Crippen LogP contribution in [0.3, 0.4) is 0 Å². The molecule has 0 bridgehead atoms. The molecule has 17 heavy (non-hydrogen) atoms. The van der Waals surface area contributed by atoms with Crippen LogP contribution < -0.4 is 0 Å². The van der Waals surface area contributed by atoms with Crippen molar-refractivity contribution in [3.63, 3.8) is 0 Å². The number of benzene rings is 1. The largest absolute Gasteiger partial charge is 0.468 e. The SMILES string of the molecule is COC(=O)C1(C(=O)c2ccc(C)cc2)CCC1. The van der Waals surface area contributed by atoms with Crippen LogP contribution in [-0.4, -0.2) is 18.9 Å². The second-order valence-electron chi connectivity index (χ2n) is 4.62. The van der Waals surface area contributed by atoms with E-state index in [2.05, 4.69) is 0 Å². The van der Waals surface area contributed by atoms with Gasteiger partial charge in [-0.15, -0.1) is 0 Å². The molecule has 0 aromatic heterocycles. The van der Waals surface area contributed by atoms with Crippen LogP contribution in [0.5, 0.6) is 0 Å². The van der Waals surface area contributed by atoms with Gasteiger partial charge in [-0.05, 0) is 19.8 Å². The van der Waals surface area contributed by atoms with Crippen LogP contribution in [0.2, 0.25) is 0 Å². The lowest BCUT2D eigenvalue weighted by molar-refractivity contribution is -0.153. The summed E-state index contributed by atoms with van der Waals surface area (Å²) in [5.74, 6) is -0.495. The highest BCUT2D eigenvalue weighted by Gasteiger charge is 2.51. The monoisotopic (exact) mass is 232 g/mol. The van der Waals surface area contributed by atoms with E-state index in [9.17, 15) is 9.59 Å². The number of esters is 1. The molecule has 0 amide bonds. The Morgan fingerprint density at radius 1 is 1.18 bits per heavy atom. The topological polar surface area (TPSA) is 43.4 Å². The van der Waals surface area contributed by atoms with E-state index in [1.54, 1.807) is 12.1 Å². The number of hydrogen-bond acceptors (Lipinski definition) is 3. The average molecular weight is 232 g/mol. The van der Waals surface area contributed by atoms with Crippen LogP contribution in [0.4, 0.5) is 0 Å². The van der Waals surface area contributed by atoms with Crippen molar-refractivity contribution in [1.29, 1.82) is 0 Å². The maximum Gasteiger partial charge on any atom is 0.319 e. The summed E-state index contributed by atoms with van der Waals surface area (Å²) in [6.07, 6.45) is 2.12. The van der Waals surface area contributed by atoms with Gasteiger partial charge in [0, 0.05) is 5.56 Å². The number of methoxy groups -OCH3 is 1. The Hall–Kier alpha value is -1.64. The Kier molecular flexibility index (Phi) is 3.01. The first-order chi connectivity index (χ1) is 8.10. The molecule has 3 heteroatoms. The summed E-state index contributed by atoms with van der Waals surface area (Å²) < 4.78 is 4.76. The van der Waals surface area contributed by atoms with Crippen LogP contribution in [-0.2, 0) is 9.53 Å². The fourth-order valence-corrected chi connectivity index (χ4v) is 2.23. The molecule has 0 saturated heterocycles. The molecule has 1 fully saturated rings. The molecular weight excluding hydrogens is 216 g/mol. The van der Waals surface area contributed by atoms with Gasteiger partial charge in [-0.1, -0.05) is 36.2 Å². The molecule has 0 aliphatic heterocycles. The number of carbonyl (C=O) groups excluding carboxylic acids is 2. The number of carbonyl (C=O) groups is 2. The minimum Gasteiger partial charge on any atom is -0.468 e. The van der Waals surface area contributed by atoms with Crippen molar-refractivity contribution < 1.29 is 14.3 Å². The van der Waals surface area contributed by atoms with Gasteiger partial charge >= 0.3 is 5.97 Å². The third kappa shape index (κ3) is 1.86. The van der Waals surface area contributed by atoms with Gasteiger partial charge in [0.15, 0.2) is 5.78 Å². The zero-order valence-corrected chi connectivity index (χ0v) is 10.2. The number of ether oxygens (including phenoxy) is 1. The van der Waals surface area contributed by atoms with Crippen LogP contribution in [0, 0.1) is 12.3 Å². The summed E-state index contributed by atoms with van der Waals surface area (Å²) in [4.78, 5) is 24.1. The number of aryl methyl sites for hydroxylation is 1. The fraction of sp³-hybridized carbons (Fsp3) is 0.429. The molecule has 1 aliphatic rings. The Morgan fingerprint density at radius 3 is 2.18 bits per heavy atom. The predicted molar refractivity (Wildman–Crippen MR) is 63.8 cm³/mol. The predicted octanol–water partition coefficient (Wildman–Crippen LogP) is 2.52. The zero-order chi connectivity index (χ0) is 12.5. The van der Waals surface area contributed by atoms with Crippen LogP contribution >= 0.6 is 0 Å². The average Bonchev–Trinajstić information content (AvgIpc) is 2.28.